The summed E-state index contributed by atoms with van der Waals surface area (Å²) in [6.45, 7) is 1.23. The number of nitrogens with zero attached hydrogens (tertiary/aromatic N) is 2. The Balaban J connectivity index is 1.87. The maximum atomic E-state index is 12.6. The van der Waals surface area contributed by atoms with Crippen molar-refractivity contribution in [2.24, 2.45) is 17.7 Å². The summed E-state index contributed by atoms with van der Waals surface area (Å²) < 4.78 is 26.7. The summed E-state index contributed by atoms with van der Waals surface area (Å²) in [5.41, 5.74) is 2.32. The second-order valence-corrected chi connectivity index (χ2v) is 7.76. The Hall–Kier alpha value is -0.890. The maximum absolute atomic E-state index is 12.6. The van der Waals surface area contributed by atoms with Crippen molar-refractivity contribution in [3.05, 3.63) is 17.3 Å². The molecular formula is C12H17ClN4O2S. The molecule has 2 heterocycles. The molecule has 0 aromatic carbocycles. The fourth-order valence-corrected chi connectivity index (χ4v) is 5.02. The van der Waals surface area contributed by atoms with Crippen LogP contribution in [0.25, 0.3) is 0 Å². The summed E-state index contributed by atoms with van der Waals surface area (Å²) in [7, 11) is -3.51. The number of pyridine rings is 1. The summed E-state index contributed by atoms with van der Waals surface area (Å²) in [5.74, 6) is 6.53. The highest BCUT2D eigenvalue weighted by atomic mass is 35.5. The Morgan fingerprint density at radius 3 is 2.55 bits per heavy atom. The first-order chi connectivity index (χ1) is 9.52. The zero-order valence-corrected chi connectivity index (χ0v) is 12.5. The molecule has 0 radical (unpaired) electrons. The van der Waals surface area contributed by atoms with Crippen molar-refractivity contribution in [1.82, 2.24) is 9.29 Å². The fraction of sp³-hybridized carbons (Fsp3) is 0.583. The monoisotopic (exact) mass is 316 g/mol. The molecule has 1 aromatic rings. The molecule has 8 heteroatoms. The van der Waals surface area contributed by atoms with Gasteiger partial charge in [0.05, 0.1) is 5.02 Å². The van der Waals surface area contributed by atoms with Crippen LogP contribution < -0.4 is 11.3 Å². The Morgan fingerprint density at radius 1 is 1.35 bits per heavy atom. The largest absolute Gasteiger partial charge is 0.307 e. The van der Waals surface area contributed by atoms with Gasteiger partial charge < -0.3 is 5.43 Å². The van der Waals surface area contributed by atoms with Crippen LogP contribution in [-0.4, -0.2) is 30.8 Å². The van der Waals surface area contributed by atoms with E-state index in [9.17, 15) is 8.42 Å². The van der Waals surface area contributed by atoms with Gasteiger partial charge in [-0.25, -0.2) is 19.2 Å². The number of nitrogens with one attached hydrogen (secondary N) is 1. The molecule has 20 heavy (non-hydrogen) atoms. The number of sulfonamides is 1. The minimum absolute atomic E-state index is 0.126. The highest BCUT2D eigenvalue weighted by molar-refractivity contribution is 7.89. The Morgan fingerprint density at radius 2 is 2.00 bits per heavy atom. The Kier molecular flexibility index (Phi) is 3.62. The molecule has 1 aliphatic carbocycles. The van der Waals surface area contributed by atoms with Crippen LogP contribution in [0.1, 0.15) is 19.3 Å². The lowest BCUT2D eigenvalue weighted by Crippen LogP contribution is -2.29. The van der Waals surface area contributed by atoms with Gasteiger partial charge in [-0.15, -0.1) is 0 Å². The molecule has 2 atom stereocenters. The molecule has 0 bridgehead atoms. The lowest BCUT2D eigenvalue weighted by atomic mass is 10.0. The molecule has 1 aliphatic heterocycles. The van der Waals surface area contributed by atoms with Crippen LogP contribution in [0.3, 0.4) is 0 Å². The van der Waals surface area contributed by atoms with Gasteiger partial charge in [0.1, 0.15) is 4.90 Å². The Labute approximate surface area is 123 Å². The summed E-state index contributed by atoms with van der Waals surface area (Å²) in [4.78, 5) is 4.06. The number of hydrogen-bond acceptors (Lipinski definition) is 5. The molecule has 0 amide bonds. The number of nitrogens with two attached hydrogens (primary N) is 1. The van der Waals surface area contributed by atoms with Crippen LogP contribution in [0.2, 0.25) is 5.02 Å². The van der Waals surface area contributed by atoms with Crippen molar-refractivity contribution in [2.75, 3.05) is 18.5 Å². The van der Waals surface area contributed by atoms with E-state index in [4.69, 9.17) is 17.4 Å². The van der Waals surface area contributed by atoms with Crippen molar-refractivity contribution in [2.45, 2.75) is 24.2 Å². The smallest absolute Gasteiger partial charge is 0.244 e. The van der Waals surface area contributed by atoms with E-state index in [-0.39, 0.29) is 15.7 Å². The van der Waals surface area contributed by atoms with Crippen LogP contribution in [-0.2, 0) is 10.0 Å². The standard InChI is InChI=1S/C12H17ClN4O2S/c13-11-4-10(5-15-12(11)16-14)20(18,19)17-6-8-2-1-3-9(8)7-17/h4-5,8-9H,1-3,6-7,14H2,(H,15,16). The third kappa shape index (κ3) is 2.28. The second-order valence-electron chi connectivity index (χ2n) is 5.42. The molecule has 3 rings (SSSR count). The van der Waals surface area contributed by atoms with Crippen molar-refractivity contribution < 1.29 is 8.42 Å². The van der Waals surface area contributed by atoms with E-state index in [0.29, 0.717) is 24.9 Å². The number of rotatable bonds is 3. The molecule has 1 saturated heterocycles. The summed E-state index contributed by atoms with van der Waals surface area (Å²) >= 11 is 5.95. The van der Waals surface area contributed by atoms with Crippen LogP contribution in [0, 0.1) is 11.8 Å². The third-order valence-electron chi connectivity index (χ3n) is 4.28. The third-order valence-corrected chi connectivity index (χ3v) is 6.37. The molecule has 110 valence electrons. The van der Waals surface area contributed by atoms with Crippen LogP contribution in [0.5, 0.6) is 0 Å². The number of hydrazine groups is 1. The number of nitrogen functional groups attached to an aromatic ring is 1. The summed E-state index contributed by atoms with van der Waals surface area (Å²) in [5, 5.41) is 0.202. The highest BCUT2D eigenvalue weighted by Gasteiger charge is 2.41. The molecule has 2 aliphatic rings. The first kappa shape index (κ1) is 14.1. The summed E-state index contributed by atoms with van der Waals surface area (Å²) in [6.07, 6.45) is 4.77. The zero-order chi connectivity index (χ0) is 14.3. The first-order valence-corrected chi connectivity index (χ1v) is 8.46. The summed E-state index contributed by atoms with van der Waals surface area (Å²) in [6, 6.07) is 1.40. The minimum Gasteiger partial charge on any atom is -0.307 e. The lowest BCUT2D eigenvalue weighted by molar-refractivity contribution is 0.445. The van der Waals surface area contributed by atoms with Gasteiger partial charge >= 0.3 is 0 Å². The number of fused-ring (bicyclic) bond motifs is 1. The molecule has 0 spiro atoms. The van der Waals surface area contributed by atoms with Gasteiger partial charge in [0.2, 0.25) is 10.0 Å². The number of hydrogen-bond donors (Lipinski definition) is 2. The number of halogens is 1. The predicted octanol–water partition coefficient (Wildman–Crippen LogP) is 1.44. The van der Waals surface area contributed by atoms with Crippen LogP contribution >= 0.6 is 11.6 Å². The average Bonchev–Trinajstić information content (AvgIpc) is 2.99. The highest BCUT2D eigenvalue weighted by Crippen LogP contribution is 2.40. The lowest BCUT2D eigenvalue weighted by Gasteiger charge is -2.17. The zero-order valence-electron chi connectivity index (χ0n) is 10.9. The van der Waals surface area contributed by atoms with Gasteiger partial charge in [-0.1, -0.05) is 18.0 Å². The van der Waals surface area contributed by atoms with Crippen molar-refractivity contribution in [3.63, 3.8) is 0 Å². The quantitative estimate of drug-likeness (QED) is 0.651. The van der Waals surface area contributed by atoms with Crippen LogP contribution in [0.4, 0.5) is 5.82 Å². The number of anilines is 1. The molecule has 2 fully saturated rings. The van der Waals surface area contributed by atoms with Gasteiger partial charge in [-0.05, 0) is 30.7 Å². The molecule has 1 saturated carbocycles. The molecule has 1 aromatic heterocycles. The first-order valence-electron chi connectivity index (χ1n) is 6.64. The molecule has 2 unspecified atom stereocenters. The Bertz CT molecular complexity index is 610. The van der Waals surface area contributed by atoms with E-state index in [1.54, 1.807) is 4.31 Å². The van der Waals surface area contributed by atoms with E-state index in [0.717, 1.165) is 12.8 Å². The predicted molar refractivity (Wildman–Crippen MR) is 76.6 cm³/mol. The van der Waals surface area contributed by atoms with E-state index in [1.807, 2.05) is 0 Å². The van der Waals surface area contributed by atoms with Gasteiger partial charge in [0, 0.05) is 19.3 Å². The van der Waals surface area contributed by atoms with Gasteiger partial charge in [-0.3, -0.25) is 0 Å². The topological polar surface area (TPSA) is 88.3 Å². The van der Waals surface area contributed by atoms with Crippen molar-refractivity contribution >= 4 is 27.4 Å². The molecule has 3 N–H and O–H groups in total. The average molecular weight is 317 g/mol. The maximum Gasteiger partial charge on any atom is 0.244 e. The van der Waals surface area contributed by atoms with Gasteiger partial charge in [0.25, 0.3) is 0 Å². The SMILES string of the molecule is NNc1ncc(S(=O)(=O)N2CC3CCCC3C2)cc1Cl. The van der Waals surface area contributed by atoms with E-state index >= 15 is 0 Å². The van der Waals surface area contributed by atoms with E-state index < -0.39 is 10.0 Å². The van der Waals surface area contributed by atoms with E-state index in [2.05, 4.69) is 10.4 Å². The van der Waals surface area contributed by atoms with Gasteiger partial charge in [-0.2, -0.15) is 4.31 Å². The molecular weight excluding hydrogens is 300 g/mol. The van der Waals surface area contributed by atoms with Gasteiger partial charge in [0.15, 0.2) is 5.82 Å². The second kappa shape index (κ2) is 5.14. The van der Waals surface area contributed by atoms with Crippen molar-refractivity contribution in [1.29, 1.82) is 0 Å². The number of aromatic nitrogens is 1. The normalized spacial score (nSPS) is 26.7. The fourth-order valence-electron chi connectivity index (χ4n) is 3.20. The molecule has 6 nitrogen and oxygen atoms in total. The van der Waals surface area contributed by atoms with E-state index in [1.165, 1.54) is 18.7 Å². The van der Waals surface area contributed by atoms with Crippen LogP contribution in [0.15, 0.2) is 17.2 Å². The minimum atomic E-state index is -3.51. The van der Waals surface area contributed by atoms with Crippen molar-refractivity contribution in [3.8, 4) is 0 Å².